The average Bonchev–Trinajstić information content (AvgIpc) is 3.23. The number of halogens is 1. The number of rotatable bonds is 5. The minimum atomic E-state index is -0.315. The Balaban J connectivity index is 1.47. The van der Waals surface area contributed by atoms with E-state index < -0.39 is 0 Å². The first kappa shape index (κ1) is 19.0. The number of hydrogen-bond donors (Lipinski definition) is 1. The number of benzene rings is 1. The first-order valence-electron chi connectivity index (χ1n) is 8.95. The molecule has 0 aliphatic heterocycles. The van der Waals surface area contributed by atoms with Crippen molar-refractivity contribution < 1.29 is 9.18 Å². The summed E-state index contributed by atoms with van der Waals surface area (Å²) in [4.78, 5) is 30.4. The van der Waals surface area contributed by atoms with Gasteiger partial charge in [-0.05, 0) is 44.2 Å². The third-order valence-electron chi connectivity index (χ3n) is 4.53. The van der Waals surface area contributed by atoms with Crippen LogP contribution >= 0.6 is 11.3 Å². The van der Waals surface area contributed by atoms with E-state index in [-0.39, 0.29) is 23.8 Å². The van der Waals surface area contributed by atoms with Crippen molar-refractivity contribution in [1.29, 1.82) is 0 Å². The number of aryl methyl sites for hydroxylation is 2. The highest BCUT2D eigenvalue weighted by Gasteiger charge is 2.14. The third kappa shape index (κ3) is 3.95. The van der Waals surface area contributed by atoms with Crippen LogP contribution in [0, 0.1) is 19.7 Å². The minimum Gasteiger partial charge on any atom is -0.350 e. The minimum absolute atomic E-state index is 0.128. The third-order valence-corrected chi connectivity index (χ3v) is 5.69. The Labute approximate surface area is 169 Å². The molecule has 3 aromatic heterocycles. The van der Waals surface area contributed by atoms with E-state index in [1.165, 1.54) is 29.5 Å². The number of nitrogens with one attached hydrogen (secondary N) is 1. The fourth-order valence-corrected chi connectivity index (χ4v) is 4.00. The highest BCUT2D eigenvalue weighted by Crippen LogP contribution is 2.27. The summed E-state index contributed by atoms with van der Waals surface area (Å²) in [5.74, 6) is -0.574. The van der Waals surface area contributed by atoms with Crippen molar-refractivity contribution in [2.45, 2.75) is 26.9 Å². The predicted octanol–water partition coefficient (Wildman–Crippen LogP) is 2.69. The summed E-state index contributed by atoms with van der Waals surface area (Å²) in [5.41, 5.74) is 2.93. The van der Waals surface area contributed by atoms with Crippen LogP contribution in [0.4, 0.5) is 4.39 Å². The fraction of sp³-hybridized carbons (Fsp3) is 0.200. The second kappa shape index (κ2) is 7.59. The zero-order chi connectivity index (χ0) is 20.5. The van der Waals surface area contributed by atoms with Crippen molar-refractivity contribution >= 4 is 22.2 Å². The van der Waals surface area contributed by atoms with Gasteiger partial charge in [-0.15, -0.1) is 0 Å². The standard InChI is InChI=1S/C20H18FN5O2S/c1-12-3-8-19(28)26(24-12)11-18(27)22-9-17-13(2)25-10-16(23-20(25)29-17)14-4-6-15(21)7-5-14/h3-8,10H,9,11H2,1-2H3,(H,22,27). The number of imidazole rings is 1. The van der Waals surface area contributed by atoms with Crippen molar-refractivity contribution in [2.75, 3.05) is 0 Å². The molecule has 3 heterocycles. The Hall–Kier alpha value is -3.33. The quantitative estimate of drug-likeness (QED) is 0.548. The van der Waals surface area contributed by atoms with Crippen LogP contribution in [-0.2, 0) is 17.9 Å². The second-order valence-corrected chi connectivity index (χ2v) is 7.71. The zero-order valence-electron chi connectivity index (χ0n) is 15.8. The van der Waals surface area contributed by atoms with Crippen LogP contribution in [0.3, 0.4) is 0 Å². The molecular weight excluding hydrogens is 393 g/mol. The van der Waals surface area contributed by atoms with Crippen molar-refractivity contribution in [2.24, 2.45) is 0 Å². The Morgan fingerprint density at radius 3 is 2.66 bits per heavy atom. The molecule has 0 saturated heterocycles. The van der Waals surface area contributed by atoms with Gasteiger partial charge in [0.2, 0.25) is 5.91 Å². The summed E-state index contributed by atoms with van der Waals surface area (Å²) in [6.07, 6.45) is 1.90. The molecular formula is C20H18FN5O2S. The Morgan fingerprint density at radius 2 is 1.93 bits per heavy atom. The van der Waals surface area contributed by atoms with Crippen LogP contribution < -0.4 is 10.9 Å². The molecule has 0 atom stereocenters. The monoisotopic (exact) mass is 411 g/mol. The molecule has 0 saturated carbocycles. The molecule has 0 radical (unpaired) electrons. The van der Waals surface area contributed by atoms with Gasteiger partial charge >= 0.3 is 0 Å². The van der Waals surface area contributed by atoms with E-state index in [0.29, 0.717) is 12.2 Å². The van der Waals surface area contributed by atoms with E-state index in [1.807, 2.05) is 17.5 Å². The number of hydrogen-bond acceptors (Lipinski definition) is 5. The number of carbonyl (C=O) groups is 1. The Bertz CT molecular complexity index is 1260. The number of fused-ring (bicyclic) bond motifs is 1. The highest BCUT2D eigenvalue weighted by molar-refractivity contribution is 7.17. The first-order valence-corrected chi connectivity index (χ1v) is 9.77. The van der Waals surface area contributed by atoms with Gasteiger partial charge in [-0.2, -0.15) is 5.10 Å². The van der Waals surface area contributed by atoms with Gasteiger partial charge in [0.15, 0.2) is 4.96 Å². The molecule has 0 bridgehead atoms. The number of aromatic nitrogens is 4. The number of thiazole rings is 1. The fourth-order valence-electron chi connectivity index (χ4n) is 2.95. The summed E-state index contributed by atoms with van der Waals surface area (Å²) < 4.78 is 16.2. The lowest BCUT2D eigenvalue weighted by Gasteiger charge is -2.06. The molecule has 148 valence electrons. The maximum absolute atomic E-state index is 13.1. The van der Waals surface area contributed by atoms with E-state index >= 15 is 0 Å². The smallest absolute Gasteiger partial charge is 0.267 e. The Morgan fingerprint density at radius 1 is 1.17 bits per heavy atom. The molecule has 0 fully saturated rings. The molecule has 1 N–H and O–H groups in total. The summed E-state index contributed by atoms with van der Waals surface area (Å²) in [6, 6.07) is 9.21. The Kier molecular flexibility index (Phi) is 4.98. The summed E-state index contributed by atoms with van der Waals surface area (Å²) in [7, 11) is 0. The molecule has 1 aromatic carbocycles. The van der Waals surface area contributed by atoms with Gasteiger partial charge in [0, 0.05) is 28.4 Å². The van der Waals surface area contributed by atoms with Crippen LogP contribution in [-0.4, -0.2) is 25.1 Å². The van der Waals surface area contributed by atoms with Crippen molar-refractivity contribution in [1.82, 2.24) is 24.5 Å². The molecule has 7 nitrogen and oxygen atoms in total. The predicted molar refractivity (Wildman–Crippen MR) is 108 cm³/mol. The lowest BCUT2D eigenvalue weighted by atomic mass is 10.2. The van der Waals surface area contributed by atoms with Gasteiger partial charge in [0.1, 0.15) is 12.4 Å². The molecule has 29 heavy (non-hydrogen) atoms. The summed E-state index contributed by atoms with van der Waals surface area (Å²) in [6.45, 7) is 3.93. The molecule has 0 spiro atoms. The molecule has 0 unspecified atom stereocenters. The summed E-state index contributed by atoms with van der Waals surface area (Å²) >= 11 is 1.48. The summed E-state index contributed by atoms with van der Waals surface area (Å²) in [5, 5.41) is 6.89. The van der Waals surface area contributed by atoms with Gasteiger partial charge < -0.3 is 5.32 Å². The zero-order valence-corrected chi connectivity index (χ0v) is 16.7. The van der Waals surface area contributed by atoms with Crippen molar-refractivity contribution in [3.8, 4) is 11.3 Å². The van der Waals surface area contributed by atoms with Crippen molar-refractivity contribution in [3.05, 3.63) is 75.0 Å². The van der Waals surface area contributed by atoms with Crippen LogP contribution in [0.15, 0.2) is 47.4 Å². The van der Waals surface area contributed by atoms with Crippen molar-refractivity contribution in [3.63, 3.8) is 0 Å². The SMILES string of the molecule is Cc1ccc(=O)n(CC(=O)NCc2sc3nc(-c4ccc(F)cc4)cn3c2C)n1. The number of amides is 1. The maximum atomic E-state index is 13.1. The van der Waals surface area contributed by atoms with Gasteiger partial charge in [-0.25, -0.2) is 14.1 Å². The number of carbonyl (C=O) groups excluding carboxylic acids is 1. The topological polar surface area (TPSA) is 81.3 Å². The maximum Gasteiger partial charge on any atom is 0.267 e. The lowest BCUT2D eigenvalue weighted by molar-refractivity contribution is -0.122. The molecule has 4 aromatic rings. The van der Waals surface area contributed by atoms with Gasteiger partial charge in [-0.3, -0.25) is 14.0 Å². The number of nitrogens with zero attached hydrogens (tertiary/aromatic N) is 4. The molecule has 0 aliphatic rings. The molecule has 1 amide bonds. The van der Waals surface area contributed by atoms with Gasteiger partial charge in [0.05, 0.1) is 17.9 Å². The van der Waals surface area contributed by atoms with E-state index in [4.69, 9.17) is 0 Å². The van der Waals surface area contributed by atoms with Crippen LogP contribution in [0.2, 0.25) is 0 Å². The first-order chi connectivity index (χ1) is 13.9. The molecule has 0 aliphatic carbocycles. The molecule has 9 heteroatoms. The van der Waals surface area contributed by atoms with E-state index in [1.54, 1.807) is 25.1 Å². The lowest BCUT2D eigenvalue weighted by Crippen LogP contribution is -2.33. The van der Waals surface area contributed by atoms with E-state index in [9.17, 15) is 14.0 Å². The normalized spacial score (nSPS) is 11.1. The van der Waals surface area contributed by atoms with Crippen LogP contribution in [0.25, 0.3) is 16.2 Å². The van der Waals surface area contributed by atoms with Gasteiger partial charge in [0.25, 0.3) is 5.56 Å². The largest absolute Gasteiger partial charge is 0.350 e. The highest BCUT2D eigenvalue weighted by atomic mass is 32.1. The second-order valence-electron chi connectivity index (χ2n) is 6.64. The van der Waals surface area contributed by atoms with Gasteiger partial charge in [-0.1, -0.05) is 11.3 Å². The van der Waals surface area contributed by atoms with Crippen LogP contribution in [0.1, 0.15) is 16.3 Å². The van der Waals surface area contributed by atoms with E-state index in [0.717, 1.165) is 31.5 Å². The average molecular weight is 411 g/mol. The van der Waals surface area contributed by atoms with Crippen LogP contribution in [0.5, 0.6) is 0 Å². The van der Waals surface area contributed by atoms with E-state index in [2.05, 4.69) is 15.4 Å². The molecule has 4 rings (SSSR count).